The fourth-order valence-corrected chi connectivity index (χ4v) is 5.77. The molecule has 124 valence electrons. The van der Waals surface area contributed by atoms with E-state index in [1.165, 1.54) is 0 Å². The first-order valence-corrected chi connectivity index (χ1v) is 9.52. The second kappa shape index (κ2) is 9.52. The van der Waals surface area contributed by atoms with Crippen LogP contribution in [0.4, 0.5) is 0 Å². The van der Waals surface area contributed by atoms with Crippen LogP contribution >= 0.6 is 7.72 Å². The smallest absolute Gasteiger partial charge is 1.00 e. The summed E-state index contributed by atoms with van der Waals surface area (Å²) in [5.41, 5.74) is 2.65. The largest absolute Gasteiger partial charge is 1.00 e. The quantitative estimate of drug-likeness (QED) is 0.431. The van der Waals surface area contributed by atoms with Crippen LogP contribution in [0.25, 0.3) is 0 Å². The molecular formula is C19H25LiO3P+. The van der Waals surface area contributed by atoms with Crippen LogP contribution < -0.4 is 29.5 Å². The molecule has 0 radical (unpaired) electrons. The molecule has 0 fully saturated rings. The van der Waals surface area contributed by atoms with Gasteiger partial charge >= 0.3 is 26.6 Å². The first-order chi connectivity index (χ1) is 11.1. The molecule has 2 rings (SSSR count). The fourth-order valence-electron chi connectivity index (χ4n) is 2.78. The van der Waals surface area contributed by atoms with Gasteiger partial charge in [0, 0.05) is 5.56 Å². The zero-order valence-electron chi connectivity index (χ0n) is 16.2. The molecule has 0 aliphatic heterocycles. The van der Waals surface area contributed by atoms with Crippen molar-refractivity contribution in [2.45, 2.75) is 27.7 Å². The number of aldehydes is 1. The van der Waals surface area contributed by atoms with Crippen molar-refractivity contribution in [1.82, 2.24) is 0 Å². The zero-order valence-corrected chi connectivity index (χ0v) is 16.1. The summed E-state index contributed by atoms with van der Waals surface area (Å²) in [5.74, 6) is 0. The first kappa shape index (κ1) is 21.1. The van der Waals surface area contributed by atoms with E-state index in [0.717, 1.165) is 33.6 Å². The molecule has 0 spiro atoms. The van der Waals surface area contributed by atoms with E-state index in [4.69, 9.17) is 9.05 Å². The zero-order chi connectivity index (χ0) is 16.9. The van der Waals surface area contributed by atoms with Gasteiger partial charge in [-0.3, -0.25) is 4.79 Å². The minimum Gasteiger partial charge on any atom is -1.00 e. The molecular weight excluding hydrogens is 314 g/mol. The van der Waals surface area contributed by atoms with Crippen molar-refractivity contribution in [2.24, 2.45) is 0 Å². The normalized spacial score (nSPS) is 11.0. The predicted octanol–water partition coefficient (Wildman–Crippen LogP) is 1.10. The van der Waals surface area contributed by atoms with Gasteiger partial charge in [0.25, 0.3) is 0 Å². The minimum absolute atomic E-state index is 0. The average Bonchev–Trinajstić information content (AvgIpc) is 2.55. The second-order valence-corrected chi connectivity index (χ2v) is 7.99. The monoisotopic (exact) mass is 339 g/mol. The Balaban J connectivity index is 0.00000288. The molecule has 2 aromatic rings. The fraction of sp³-hybridized carbons (Fsp3) is 0.316. The van der Waals surface area contributed by atoms with Crippen LogP contribution in [0, 0.1) is 13.8 Å². The van der Waals surface area contributed by atoms with Gasteiger partial charge in [0.15, 0.2) is 16.9 Å². The Kier molecular flexibility index (Phi) is 8.37. The summed E-state index contributed by atoms with van der Waals surface area (Å²) in [4.78, 5) is 11.3. The Bertz CT molecular complexity index is 651. The van der Waals surface area contributed by atoms with Gasteiger partial charge in [0.05, 0.1) is 13.2 Å². The van der Waals surface area contributed by atoms with Crippen molar-refractivity contribution in [3.8, 4) is 0 Å². The minimum atomic E-state index is -2.40. The third kappa shape index (κ3) is 4.17. The van der Waals surface area contributed by atoms with E-state index in [-0.39, 0.29) is 20.3 Å². The maximum Gasteiger partial charge on any atom is 1.00 e. The number of hydrogen-bond acceptors (Lipinski definition) is 3. The van der Waals surface area contributed by atoms with Gasteiger partial charge in [-0.2, -0.15) is 9.05 Å². The van der Waals surface area contributed by atoms with Crippen LogP contribution in [-0.2, 0) is 9.05 Å². The molecule has 0 atom stereocenters. The Morgan fingerprint density at radius 2 is 1.46 bits per heavy atom. The van der Waals surface area contributed by atoms with E-state index in [1.54, 1.807) is 0 Å². The van der Waals surface area contributed by atoms with Crippen molar-refractivity contribution < 1.29 is 34.1 Å². The Morgan fingerprint density at radius 3 is 1.88 bits per heavy atom. The summed E-state index contributed by atoms with van der Waals surface area (Å²) in [6.45, 7) is 9.01. The molecule has 0 unspecified atom stereocenters. The molecule has 0 bridgehead atoms. The molecule has 0 amide bonds. The summed E-state index contributed by atoms with van der Waals surface area (Å²) in [5, 5.41) is 2.08. The number of hydrogen-bond donors (Lipinski definition) is 0. The van der Waals surface area contributed by atoms with Crippen molar-refractivity contribution in [1.29, 1.82) is 0 Å². The summed E-state index contributed by atoms with van der Waals surface area (Å²) in [6, 6.07) is 14.2. The van der Waals surface area contributed by atoms with Gasteiger partial charge in [0.1, 0.15) is 0 Å². The Labute approximate surface area is 158 Å². The number of carbonyl (C=O) groups excluding carboxylic acids is 1. The van der Waals surface area contributed by atoms with E-state index >= 15 is 0 Å². The number of rotatable bonds is 7. The van der Waals surface area contributed by atoms with E-state index in [1.807, 2.05) is 58.0 Å². The molecule has 0 aromatic heterocycles. The summed E-state index contributed by atoms with van der Waals surface area (Å²) in [7, 11) is -2.40. The van der Waals surface area contributed by atoms with Gasteiger partial charge in [0.2, 0.25) is 0 Å². The molecule has 3 nitrogen and oxygen atoms in total. The number of aryl methyl sites for hydroxylation is 2. The van der Waals surface area contributed by atoms with Crippen molar-refractivity contribution in [3.63, 3.8) is 0 Å². The third-order valence-electron chi connectivity index (χ3n) is 3.75. The van der Waals surface area contributed by atoms with Crippen LogP contribution in [0.2, 0.25) is 0 Å². The maximum atomic E-state index is 11.3. The molecule has 2 aromatic carbocycles. The topological polar surface area (TPSA) is 35.5 Å². The van der Waals surface area contributed by atoms with E-state index in [2.05, 4.69) is 12.1 Å². The van der Waals surface area contributed by atoms with Crippen molar-refractivity contribution in [3.05, 3.63) is 59.2 Å². The van der Waals surface area contributed by atoms with E-state index in [0.29, 0.717) is 13.2 Å². The van der Waals surface area contributed by atoms with Crippen LogP contribution in [-0.4, -0.2) is 19.5 Å². The molecule has 5 heteroatoms. The Hall–Kier alpha value is -0.943. The van der Waals surface area contributed by atoms with Crippen LogP contribution in [0.15, 0.2) is 42.5 Å². The molecule has 24 heavy (non-hydrogen) atoms. The molecule has 0 aliphatic rings. The van der Waals surface area contributed by atoms with Gasteiger partial charge in [-0.15, -0.1) is 0 Å². The maximum absolute atomic E-state index is 11.3. The summed E-state index contributed by atoms with van der Waals surface area (Å²) in [6.07, 6.45) is 0.915. The van der Waals surface area contributed by atoms with Crippen LogP contribution in [0.5, 0.6) is 0 Å². The molecule has 0 N–H and O–H groups in total. The second-order valence-electron chi connectivity index (χ2n) is 5.33. The van der Waals surface area contributed by atoms with Crippen molar-refractivity contribution in [2.75, 3.05) is 13.2 Å². The average molecular weight is 339 g/mol. The van der Waals surface area contributed by atoms with Crippen LogP contribution in [0.3, 0.4) is 0 Å². The molecule has 0 saturated carbocycles. The van der Waals surface area contributed by atoms with Gasteiger partial charge in [-0.25, -0.2) is 0 Å². The predicted molar refractivity (Wildman–Crippen MR) is 98.3 cm³/mol. The third-order valence-corrected chi connectivity index (χ3v) is 6.91. The standard InChI is InChI=1S/C19H24O3P.Li.H/c1-5-21-23(22-6-2,17-10-8-7-9-11-17)18-12-15(3)19(14-20)16(4)13-18;;/h7-14H,5-6H2,1-4H3;;/q2*+1;-1. The summed E-state index contributed by atoms with van der Waals surface area (Å²) >= 11 is 0. The van der Waals surface area contributed by atoms with Crippen LogP contribution in [0.1, 0.15) is 36.8 Å². The van der Waals surface area contributed by atoms with Gasteiger partial charge in [-0.05, 0) is 63.1 Å². The molecule has 0 saturated heterocycles. The van der Waals surface area contributed by atoms with Gasteiger partial charge < -0.3 is 1.43 Å². The molecule has 0 heterocycles. The van der Waals surface area contributed by atoms with E-state index < -0.39 is 7.72 Å². The van der Waals surface area contributed by atoms with E-state index in [9.17, 15) is 4.79 Å². The van der Waals surface area contributed by atoms with Gasteiger partial charge in [-0.1, -0.05) is 18.2 Å². The molecule has 0 aliphatic carbocycles. The van der Waals surface area contributed by atoms with Crippen molar-refractivity contribution >= 4 is 24.6 Å². The number of carbonyl (C=O) groups is 1. The summed E-state index contributed by atoms with van der Waals surface area (Å²) < 4.78 is 12.5. The number of benzene rings is 2. The Morgan fingerprint density at radius 1 is 0.958 bits per heavy atom. The first-order valence-electron chi connectivity index (χ1n) is 7.89. The SMILES string of the molecule is CCO[P+](OCC)(c1ccccc1)c1cc(C)c(C=O)c(C)c1.[H-].[Li+].